The van der Waals surface area contributed by atoms with Crippen molar-refractivity contribution in [1.82, 2.24) is 5.32 Å². The standard InChI is InChI=1S/C16H15F2N3O3S2/c17-15(18)26-13-7-3-11(4-8-13)20-16(25)19-9-14(22)10-1-5-12(6-2-10)21(23)24/h1-8,14-15,22H,9H2,(H2,19,20,25)/t14-/m0/s1. The van der Waals surface area contributed by atoms with Crippen LogP contribution in [0.2, 0.25) is 0 Å². The highest BCUT2D eigenvalue weighted by Crippen LogP contribution is 2.26. The third kappa shape index (κ3) is 6.21. The minimum Gasteiger partial charge on any atom is -0.387 e. The van der Waals surface area contributed by atoms with Gasteiger partial charge in [0, 0.05) is 29.3 Å². The molecule has 3 N–H and O–H groups in total. The molecule has 0 saturated carbocycles. The Balaban J connectivity index is 1.83. The third-order valence-corrected chi connectivity index (χ3v) is 4.25. The van der Waals surface area contributed by atoms with Crippen molar-refractivity contribution in [3.8, 4) is 0 Å². The maximum atomic E-state index is 12.3. The lowest BCUT2D eigenvalue weighted by Crippen LogP contribution is -2.32. The lowest BCUT2D eigenvalue weighted by atomic mass is 10.1. The van der Waals surface area contributed by atoms with Crippen molar-refractivity contribution in [1.29, 1.82) is 0 Å². The van der Waals surface area contributed by atoms with Crippen molar-refractivity contribution >= 4 is 40.5 Å². The first-order valence-corrected chi connectivity index (χ1v) is 8.66. The molecule has 26 heavy (non-hydrogen) atoms. The number of nitrogens with one attached hydrogen (secondary N) is 2. The highest BCUT2D eigenvalue weighted by Gasteiger charge is 2.11. The molecule has 0 bridgehead atoms. The number of non-ortho nitro benzene ring substituents is 1. The number of nitro benzene ring substituents is 1. The van der Waals surface area contributed by atoms with Crippen molar-refractivity contribution < 1.29 is 18.8 Å². The monoisotopic (exact) mass is 399 g/mol. The molecule has 0 aliphatic heterocycles. The van der Waals surface area contributed by atoms with Gasteiger partial charge in [-0.05, 0) is 54.2 Å². The normalized spacial score (nSPS) is 11.8. The molecule has 10 heteroatoms. The van der Waals surface area contributed by atoms with Crippen LogP contribution in [0.3, 0.4) is 0 Å². The summed E-state index contributed by atoms with van der Waals surface area (Å²) in [5.41, 5.74) is 1.07. The number of alkyl halides is 2. The molecule has 138 valence electrons. The van der Waals surface area contributed by atoms with Gasteiger partial charge in [0.05, 0.1) is 11.0 Å². The number of aliphatic hydroxyl groups excluding tert-OH is 1. The Bertz CT molecular complexity index is 758. The van der Waals surface area contributed by atoms with Crippen LogP contribution >= 0.6 is 24.0 Å². The second-order valence-corrected chi connectivity index (χ2v) is 6.57. The highest BCUT2D eigenvalue weighted by atomic mass is 32.2. The van der Waals surface area contributed by atoms with Crippen molar-refractivity contribution in [3.63, 3.8) is 0 Å². The van der Waals surface area contributed by atoms with Gasteiger partial charge in [-0.15, -0.1) is 0 Å². The lowest BCUT2D eigenvalue weighted by molar-refractivity contribution is -0.384. The lowest BCUT2D eigenvalue weighted by Gasteiger charge is -2.15. The molecular formula is C16H15F2N3O3S2. The number of nitro groups is 1. The molecule has 0 saturated heterocycles. The molecule has 0 aromatic heterocycles. The molecule has 0 fully saturated rings. The maximum Gasteiger partial charge on any atom is 0.288 e. The van der Waals surface area contributed by atoms with Gasteiger partial charge in [-0.1, -0.05) is 11.8 Å². The van der Waals surface area contributed by atoms with Crippen molar-refractivity contribution in [2.75, 3.05) is 11.9 Å². The van der Waals surface area contributed by atoms with Gasteiger partial charge in [-0.2, -0.15) is 8.78 Å². The summed E-state index contributed by atoms with van der Waals surface area (Å²) in [6.07, 6.45) is -0.902. The van der Waals surface area contributed by atoms with E-state index in [9.17, 15) is 24.0 Å². The first-order valence-electron chi connectivity index (χ1n) is 7.37. The van der Waals surface area contributed by atoms with Crippen molar-refractivity contribution in [3.05, 3.63) is 64.2 Å². The summed E-state index contributed by atoms with van der Waals surface area (Å²) >= 11 is 5.57. The zero-order chi connectivity index (χ0) is 19.1. The van der Waals surface area contributed by atoms with Gasteiger partial charge in [0.15, 0.2) is 5.11 Å². The van der Waals surface area contributed by atoms with Gasteiger partial charge in [0.25, 0.3) is 11.4 Å². The van der Waals surface area contributed by atoms with Crippen LogP contribution in [0.1, 0.15) is 11.7 Å². The molecular weight excluding hydrogens is 384 g/mol. The van der Waals surface area contributed by atoms with Gasteiger partial charge < -0.3 is 15.7 Å². The number of thiocarbonyl (C=S) groups is 1. The minimum absolute atomic E-state index is 0.0560. The summed E-state index contributed by atoms with van der Waals surface area (Å²) in [5.74, 6) is -2.47. The van der Waals surface area contributed by atoms with E-state index in [0.717, 1.165) is 0 Å². The number of anilines is 1. The second kappa shape index (κ2) is 9.41. The fourth-order valence-corrected chi connectivity index (χ4v) is 2.72. The largest absolute Gasteiger partial charge is 0.387 e. The Kier molecular flexibility index (Phi) is 7.25. The number of hydrogen-bond acceptors (Lipinski definition) is 5. The Morgan fingerprint density at radius 2 is 1.81 bits per heavy atom. The van der Waals surface area contributed by atoms with Gasteiger partial charge in [0.2, 0.25) is 0 Å². The molecule has 0 amide bonds. The van der Waals surface area contributed by atoms with Crippen LogP contribution in [0.15, 0.2) is 53.4 Å². The fourth-order valence-electron chi connectivity index (χ4n) is 2.02. The SMILES string of the molecule is O=[N+]([O-])c1ccc([C@@H](O)CNC(=S)Nc2ccc(SC(F)F)cc2)cc1. The van der Waals surface area contributed by atoms with Gasteiger partial charge in [-0.3, -0.25) is 10.1 Å². The fraction of sp³-hybridized carbons (Fsp3) is 0.188. The summed E-state index contributed by atoms with van der Waals surface area (Å²) in [7, 11) is 0. The minimum atomic E-state index is -2.47. The summed E-state index contributed by atoms with van der Waals surface area (Å²) in [5, 5.41) is 26.7. The second-order valence-electron chi connectivity index (χ2n) is 5.10. The van der Waals surface area contributed by atoms with Crippen LogP contribution in [0, 0.1) is 10.1 Å². The Labute approximate surface area is 157 Å². The number of aliphatic hydroxyl groups is 1. The van der Waals surface area contributed by atoms with Gasteiger partial charge in [0.1, 0.15) is 0 Å². The summed E-state index contributed by atoms with van der Waals surface area (Å²) in [6.45, 7) is 0.100. The maximum absolute atomic E-state index is 12.3. The van der Waals surface area contributed by atoms with Crippen LogP contribution in [0.4, 0.5) is 20.2 Å². The molecule has 6 nitrogen and oxygen atoms in total. The summed E-state index contributed by atoms with van der Waals surface area (Å²) in [6, 6.07) is 11.9. The molecule has 2 aromatic carbocycles. The van der Waals surface area contributed by atoms with E-state index >= 15 is 0 Å². The van der Waals surface area contributed by atoms with E-state index in [2.05, 4.69) is 10.6 Å². The number of halogens is 2. The quantitative estimate of drug-likeness (QED) is 0.281. The van der Waals surface area contributed by atoms with Gasteiger partial charge in [-0.25, -0.2) is 0 Å². The Morgan fingerprint density at radius 1 is 1.19 bits per heavy atom. The van der Waals surface area contributed by atoms with Crippen molar-refractivity contribution in [2.45, 2.75) is 16.8 Å². The number of rotatable bonds is 7. The molecule has 0 heterocycles. The Morgan fingerprint density at radius 3 is 2.35 bits per heavy atom. The van der Waals surface area contributed by atoms with Gasteiger partial charge >= 0.3 is 0 Å². The molecule has 2 aromatic rings. The summed E-state index contributed by atoms with van der Waals surface area (Å²) < 4.78 is 24.5. The molecule has 0 aliphatic carbocycles. The zero-order valence-electron chi connectivity index (χ0n) is 13.3. The van der Waals surface area contributed by atoms with E-state index in [-0.39, 0.29) is 17.3 Å². The van der Waals surface area contributed by atoms with Crippen LogP contribution in [-0.2, 0) is 0 Å². The van der Waals surface area contributed by atoms with E-state index in [1.54, 1.807) is 24.3 Å². The smallest absolute Gasteiger partial charge is 0.288 e. The van der Waals surface area contributed by atoms with E-state index in [1.807, 2.05) is 0 Å². The van der Waals surface area contributed by atoms with E-state index < -0.39 is 16.8 Å². The first kappa shape index (κ1) is 20.0. The number of hydrogen-bond donors (Lipinski definition) is 3. The molecule has 0 radical (unpaired) electrons. The Hall–Kier alpha value is -2.30. The topological polar surface area (TPSA) is 87.4 Å². The van der Waals surface area contributed by atoms with Crippen LogP contribution in [0.5, 0.6) is 0 Å². The third-order valence-electron chi connectivity index (χ3n) is 3.28. The van der Waals surface area contributed by atoms with Crippen LogP contribution in [0.25, 0.3) is 0 Å². The number of benzene rings is 2. The predicted octanol–water partition coefficient (Wildman–Crippen LogP) is 3.93. The predicted molar refractivity (Wildman–Crippen MR) is 101 cm³/mol. The molecule has 2 rings (SSSR count). The average Bonchev–Trinajstić information content (AvgIpc) is 2.61. The van der Waals surface area contributed by atoms with E-state index in [0.29, 0.717) is 27.9 Å². The zero-order valence-corrected chi connectivity index (χ0v) is 14.9. The average molecular weight is 399 g/mol. The molecule has 0 spiro atoms. The molecule has 0 aliphatic rings. The van der Waals surface area contributed by atoms with E-state index in [4.69, 9.17) is 12.2 Å². The molecule has 1 atom stereocenters. The first-order chi connectivity index (χ1) is 12.3. The van der Waals surface area contributed by atoms with E-state index in [1.165, 1.54) is 24.3 Å². The summed E-state index contributed by atoms with van der Waals surface area (Å²) in [4.78, 5) is 10.5. The van der Waals surface area contributed by atoms with Crippen LogP contribution in [-0.4, -0.2) is 27.4 Å². The molecule has 0 unspecified atom stereocenters. The number of nitrogens with zero attached hydrogens (tertiary/aromatic N) is 1. The van der Waals surface area contributed by atoms with Crippen molar-refractivity contribution in [2.24, 2.45) is 0 Å². The van der Waals surface area contributed by atoms with Crippen LogP contribution < -0.4 is 10.6 Å². The highest BCUT2D eigenvalue weighted by molar-refractivity contribution is 7.99. The number of thioether (sulfide) groups is 1.